The van der Waals surface area contributed by atoms with Gasteiger partial charge in [-0.1, -0.05) is 12.5 Å². The van der Waals surface area contributed by atoms with E-state index < -0.39 is 0 Å². The average molecular weight is 317 g/mol. The summed E-state index contributed by atoms with van der Waals surface area (Å²) >= 11 is 0. The predicted octanol–water partition coefficient (Wildman–Crippen LogP) is 2.32. The molecule has 128 valence electrons. The summed E-state index contributed by atoms with van der Waals surface area (Å²) in [6.07, 6.45) is 5.83. The molecule has 0 radical (unpaired) electrons. The van der Waals surface area contributed by atoms with Crippen molar-refractivity contribution in [2.24, 2.45) is 4.99 Å². The number of aliphatic imine (C=N–C) groups is 1. The Labute approximate surface area is 140 Å². The second-order valence-corrected chi connectivity index (χ2v) is 6.91. The molecule has 0 aliphatic carbocycles. The first-order chi connectivity index (χ1) is 11.0. The van der Waals surface area contributed by atoms with Gasteiger partial charge in [0.05, 0.1) is 12.2 Å². The van der Waals surface area contributed by atoms with Gasteiger partial charge in [0.1, 0.15) is 0 Å². The van der Waals surface area contributed by atoms with Crippen molar-refractivity contribution in [2.45, 2.75) is 52.1 Å². The van der Waals surface area contributed by atoms with E-state index in [0.717, 1.165) is 18.2 Å². The molecule has 23 heavy (non-hydrogen) atoms. The molecule has 1 fully saturated rings. The van der Waals surface area contributed by atoms with Crippen molar-refractivity contribution in [2.75, 3.05) is 26.7 Å². The lowest BCUT2D eigenvalue weighted by Crippen LogP contribution is -2.54. The highest BCUT2D eigenvalue weighted by Crippen LogP contribution is 2.19. The molecule has 0 bridgehead atoms. The van der Waals surface area contributed by atoms with E-state index >= 15 is 0 Å². The van der Waals surface area contributed by atoms with Gasteiger partial charge < -0.3 is 10.6 Å². The summed E-state index contributed by atoms with van der Waals surface area (Å²) in [7, 11) is 1.81. The van der Waals surface area contributed by atoms with Crippen LogP contribution in [0.3, 0.4) is 0 Å². The molecule has 1 aromatic heterocycles. The zero-order valence-corrected chi connectivity index (χ0v) is 15.0. The fourth-order valence-corrected chi connectivity index (χ4v) is 3.00. The highest BCUT2D eigenvalue weighted by molar-refractivity contribution is 5.79. The molecular weight excluding hydrogens is 286 g/mol. The number of hydrogen-bond donors (Lipinski definition) is 2. The lowest BCUT2D eigenvalue weighted by Gasteiger charge is -2.41. The smallest absolute Gasteiger partial charge is 0.191 e. The Morgan fingerprint density at radius 3 is 2.65 bits per heavy atom. The van der Waals surface area contributed by atoms with E-state index in [0.29, 0.717) is 6.54 Å². The van der Waals surface area contributed by atoms with E-state index in [1.54, 1.807) is 0 Å². The Bertz CT molecular complexity index is 518. The van der Waals surface area contributed by atoms with Crippen molar-refractivity contribution in [3.05, 3.63) is 29.6 Å². The molecule has 1 aliphatic heterocycles. The predicted molar refractivity (Wildman–Crippen MR) is 96.7 cm³/mol. The van der Waals surface area contributed by atoms with Crippen LogP contribution in [-0.2, 0) is 6.54 Å². The van der Waals surface area contributed by atoms with Crippen LogP contribution in [0.1, 0.15) is 44.4 Å². The molecule has 2 heterocycles. The Balaban J connectivity index is 1.83. The number of aryl methyl sites for hydroxylation is 1. The molecule has 1 aliphatic rings. The normalized spacial score (nSPS) is 17.1. The molecule has 5 heteroatoms. The van der Waals surface area contributed by atoms with Gasteiger partial charge in [-0.15, -0.1) is 0 Å². The average Bonchev–Trinajstić information content (AvgIpc) is 2.57. The van der Waals surface area contributed by atoms with Crippen LogP contribution in [0.5, 0.6) is 0 Å². The van der Waals surface area contributed by atoms with E-state index in [2.05, 4.69) is 52.3 Å². The molecule has 1 saturated heterocycles. The molecule has 1 aromatic rings. The summed E-state index contributed by atoms with van der Waals surface area (Å²) in [5.74, 6) is 0.833. The van der Waals surface area contributed by atoms with Gasteiger partial charge in [0, 0.05) is 25.3 Å². The molecule has 0 spiro atoms. The van der Waals surface area contributed by atoms with Crippen LogP contribution in [0, 0.1) is 6.92 Å². The fourth-order valence-electron chi connectivity index (χ4n) is 3.00. The SMILES string of the molecule is CN=C(NCc1ncccc1C)NCC(C)(C)N1CCCCC1. The van der Waals surface area contributed by atoms with Gasteiger partial charge in [-0.3, -0.25) is 14.9 Å². The van der Waals surface area contributed by atoms with Crippen molar-refractivity contribution in [1.29, 1.82) is 0 Å². The summed E-state index contributed by atoms with van der Waals surface area (Å²) in [6, 6.07) is 4.05. The number of rotatable bonds is 5. The van der Waals surface area contributed by atoms with Crippen molar-refractivity contribution < 1.29 is 0 Å². The van der Waals surface area contributed by atoms with Gasteiger partial charge in [0.2, 0.25) is 0 Å². The van der Waals surface area contributed by atoms with Crippen LogP contribution < -0.4 is 10.6 Å². The summed E-state index contributed by atoms with van der Waals surface area (Å²) in [5.41, 5.74) is 2.40. The standard InChI is InChI=1S/C18H31N5/c1-15-9-8-10-20-16(15)13-21-17(19-4)22-14-18(2,3)23-11-6-5-7-12-23/h8-10H,5-7,11-14H2,1-4H3,(H2,19,21,22). The zero-order valence-electron chi connectivity index (χ0n) is 15.0. The zero-order chi connectivity index (χ0) is 16.7. The molecule has 0 amide bonds. The quantitative estimate of drug-likeness (QED) is 0.646. The number of pyridine rings is 1. The second kappa shape index (κ2) is 8.29. The highest BCUT2D eigenvalue weighted by atomic mass is 15.2. The third-order valence-electron chi connectivity index (χ3n) is 4.67. The summed E-state index contributed by atoms with van der Waals surface area (Å²) in [6.45, 7) is 10.7. The third kappa shape index (κ3) is 5.20. The van der Waals surface area contributed by atoms with Gasteiger partial charge in [0.25, 0.3) is 0 Å². The van der Waals surface area contributed by atoms with Gasteiger partial charge in [-0.25, -0.2) is 0 Å². The molecule has 0 aromatic carbocycles. The highest BCUT2D eigenvalue weighted by Gasteiger charge is 2.27. The van der Waals surface area contributed by atoms with E-state index in [4.69, 9.17) is 0 Å². The van der Waals surface area contributed by atoms with E-state index in [-0.39, 0.29) is 5.54 Å². The lowest BCUT2D eigenvalue weighted by atomic mass is 9.98. The fraction of sp³-hybridized carbons (Fsp3) is 0.667. The van der Waals surface area contributed by atoms with Crippen LogP contribution >= 0.6 is 0 Å². The second-order valence-electron chi connectivity index (χ2n) is 6.91. The Morgan fingerprint density at radius 1 is 1.26 bits per heavy atom. The maximum absolute atomic E-state index is 4.41. The van der Waals surface area contributed by atoms with Crippen LogP contribution in [0.25, 0.3) is 0 Å². The summed E-state index contributed by atoms with van der Waals surface area (Å²) < 4.78 is 0. The minimum absolute atomic E-state index is 0.138. The van der Waals surface area contributed by atoms with Crippen molar-refractivity contribution in [3.63, 3.8) is 0 Å². The first-order valence-electron chi connectivity index (χ1n) is 8.63. The molecule has 0 unspecified atom stereocenters. The molecule has 0 saturated carbocycles. The monoisotopic (exact) mass is 317 g/mol. The van der Waals surface area contributed by atoms with Crippen LogP contribution in [0.2, 0.25) is 0 Å². The number of likely N-dealkylation sites (tertiary alicyclic amines) is 1. The summed E-state index contributed by atoms with van der Waals surface area (Å²) in [4.78, 5) is 11.3. The number of nitrogens with zero attached hydrogens (tertiary/aromatic N) is 3. The van der Waals surface area contributed by atoms with Crippen LogP contribution in [0.4, 0.5) is 0 Å². The first-order valence-corrected chi connectivity index (χ1v) is 8.63. The van der Waals surface area contributed by atoms with Gasteiger partial charge >= 0.3 is 0 Å². The van der Waals surface area contributed by atoms with Crippen molar-refractivity contribution >= 4 is 5.96 Å². The minimum atomic E-state index is 0.138. The van der Waals surface area contributed by atoms with E-state index in [9.17, 15) is 0 Å². The number of nitrogens with one attached hydrogen (secondary N) is 2. The maximum atomic E-state index is 4.41. The van der Waals surface area contributed by atoms with Gasteiger partial charge in [0.15, 0.2) is 5.96 Å². The van der Waals surface area contributed by atoms with Gasteiger partial charge in [-0.05, 0) is 58.3 Å². The Kier molecular flexibility index (Phi) is 6.39. The van der Waals surface area contributed by atoms with Crippen molar-refractivity contribution in [3.8, 4) is 0 Å². The molecule has 0 atom stereocenters. The summed E-state index contributed by atoms with van der Waals surface area (Å²) in [5, 5.41) is 6.83. The number of aromatic nitrogens is 1. The van der Waals surface area contributed by atoms with Crippen LogP contribution in [0.15, 0.2) is 23.3 Å². The molecule has 5 nitrogen and oxygen atoms in total. The Morgan fingerprint density at radius 2 is 2.00 bits per heavy atom. The number of guanidine groups is 1. The number of piperidine rings is 1. The largest absolute Gasteiger partial charge is 0.355 e. The van der Waals surface area contributed by atoms with Gasteiger partial charge in [-0.2, -0.15) is 0 Å². The molecule has 2 N–H and O–H groups in total. The molecular formula is C18H31N5. The third-order valence-corrected chi connectivity index (χ3v) is 4.67. The number of hydrogen-bond acceptors (Lipinski definition) is 3. The van der Waals surface area contributed by atoms with E-state index in [1.165, 1.54) is 37.9 Å². The minimum Gasteiger partial charge on any atom is -0.355 e. The topological polar surface area (TPSA) is 52.6 Å². The van der Waals surface area contributed by atoms with Crippen molar-refractivity contribution in [1.82, 2.24) is 20.5 Å². The van der Waals surface area contributed by atoms with E-state index in [1.807, 2.05) is 19.3 Å². The lowest BCUT2D eigenvalue weighted by molar-refractivity contribution is 0.0982. The Hall–Kier alpha value is -1.62. The first kappa shape index (κ1) is 17.7. The van der Waals surface area contributed by atoms with Crippen LogP contribution in [-0.4, -0.2) is 48.1 Å². The molecule has 2 rings (SSSR count). The maximum Gasteiger partial charge on any atom is 0.191 e.